The van der Waals surface area contributed by atoms with Gasteiger partial charge in [-0.1, -0.05) is 0 Å². The second kappa shape index (κ2) is 5.51. The van der Waals surface area contributed by atoms with E-state index in [1.807, 2.05) is 13.8 Å². The molecule has 1 aromatic heterocycles. The molecule has 2 aromatic rings. The minimum Gasteiger partial charge on any atom is -0.373 e. The average Bonchev–Trinajstić information content (AvgIpc) is 2.81. The first-order valence-electron chi connectivity index (χ1n) is 7.28. The molecule has 1 unspecified atom stereocenters. The molecule has 0 saturated carbocycles. The number of nitrogens with one attached hydrogen (secondary N) is 1. The summed E-state index contributed by atoms with van der Waals surface area (Å²) in [6.45, 7) is 4.61. The molecule has 1 N–H and O–H groups in total. The summed E-state index contributed by atoms with van der Waals surface area (Å²) >= 11 is 0. The third-order valence-electron chi connectivity index (χ3n) is 3.96. The largest absolute Gasteiger partial charge is 0.373 e. The Hall–Kier alpha value is -2.24. The number of nitrogens with zero attached hydrogens (tertiary/aromatic N) is 2. The van der Waals surface area contributed by atoms with Crippen molar-refractivity contribution in [2.75, 3.05) is 11.9 Å². The smallest absolute Gasteiger partial charge is 0.245 e. The topological polar surface area (TPSA) is 45.2 Å². The fourth-order valence-corrected chi connectivity index (χ4v) is 2.84. The summed E-state index contributed by atoms with van der Waals surface area (Å²) in [5.41, 5.74) is 0.616. The van der Waals surface area contributed by atoms with Crippen LogP contribution in [0.2, 0.25) is 0 Å². The van der Waals surface area contributed by atoms with Gasteiger partial charge in [-0.15, -0.1) is 0 Å². The van der Waals surface area contributed by atoms with Gasteiger partial charge in [-0.2, -0.15) is 0 Å². The van der Waals surface area contributed by atoms with E-state index in [2.05, 4.69) is 10.3 Å². The zero-order chi connectivity index (χ0) is 15.9. The summed E-state index contributed by atoms with van der Waals surface area (Å²) in [6.07, 6.45) is 2.12. The molecule has 0 bridgehead atoms. The third-order valence-corrected chi connectivity index (χ3v) is 3.96. The van der Waals surface area contributed by atoms with Crippen LogP contribution >= 0.6 is 0 Å². The number of pyridine rings is 1. The summed E-state index contributed by atoms with van der Waals surface area (Å²) in [5, 5.41) is 3.45. The van der Waals surface area contributed by atoms with Gasteiger partial charge in [0.1, 0.15) is 17.4 Å². The molecule has 6 heteroatoms. The summed E-state index contributed by atoms with van der Waals surface area (Å²) in [5.74, 6) is -1.36. The van der Waals surface area contributed by atoms with Gasteiger partial charge in [0.25, 0.3) is 0 Å². The van der Waals surface area contributed by atoms with E-state index in [-0.39, 0.29) is 23.5 Å². The summed E-state index contributed by atoms with van der Waals surface area (Å²) in [6, 6.07) is 3.43. The molecule has 1 aliphatic heterocycles. The number of aromatic nitrogens is 1. The number of hydrogen-bond acceptors (Lipinski definition) is 3. The average molecular weight is 305 g/mol. The van der Waals surface area contributed by atoms with Gasteiger partial charge in [-0.05, 0) is 32.4 Å². The lowest BCUT2D eigenvalue weighted by Gasteiger charge is -2.21. The van der Waals surface area contributed by atoms with Gasteiger partial charge in [0.2, 0.25) is 5.91 Å². The van der Waals surface area contributed by atoms with E-state index in [9.17, 15) is 13.6 Å². The van der Waals surface area contributed by atoms with E-state index in [0.29, 0.717) is 24.0 Å². The van der Waals surface area contributed by atoms with Crippen LogP contribution in [0.25, 0.3) is 10.9 Å². The van der Waals surface area contributed by atoms with Gasteiger partial charge < -0.3 is 10.2 Å². The first-order valence-corrected chi connectivity index (χ1v) is 7.28. The molecule has 0 radical (unpaired) electrons. The number of likely N-dealkylation sites (tertiary alicyclic amines) is 1. The van der Waals surface area contributed by atoms with Crippen LogP contribution in [0, 0.1) is 11.6 Å². The molecule has 1 saturated heterocycles. The maximum atomic E-state index is 13.8. The molecule has 22 heavy (non-hydrogen) atoms. The van der Waals surface area contributed by atoms with Crippen LogP contribution in [0.5, 0.6) is 0 Å². The zero-order valence-corrected chi connectivity index (χ0v) is 12.4. The maximum Gasteiger partial charge on any atom is 0.245 e. The first kappa shape index (κ1) is 14.7. The Morgan fingerprint density at radius 1 is 1.36 bits per heavy atom. The third kappa shape index (κ3) is 2.49. The molecule has 1 atom stereocenters. The lowest BCUT2D eigenvalue weighted by atomic mass is 10.1. The highest BCUT2D eigenvalue weighted by molar-refractivity contribution is 5.94. The molecule has 4 nitrogen and oxygen atoms in total. The predicted molar refractivity (Wildman–Crippen MR) is 80.5 cm³/mol. The van der Waals surface area contributed by atoms with Gasteiger partial charge >= 0.3 is 0 Å². The monoisotopic (exact) mass is 305 g/mol. The highest BCUT2D eigenvalue weighted by Crippen LogP contribution is 2.27. The van der Waals surface area contributed by atoms with Crippen LogP contribution in [0.4, 0.5) is 14.5 Å². The molecule has 1 aromatic carbocycles. The quantitative estimate of drug-likeness (QED) is 0.948. The Kier molecular flexibility index (Phi) is 3.68. The number of carbonyl (C=O) groups is 1. The number of amides is 1. The van der Waals surface area contributed by atoms with Crippen molar-refractivity contribution in [1.82, 2.24) is 9.88 Å². The number of halogens is 2. The van der Waals surface area contributed by atoms with Crippen LogP contribution in [-0.4, -0.2) is 34.4 Å². The standard InChI is InChI=1S/C16H17F2N3O/c1-9(2)21-6-4-14(16(21)22)20-13-3-5-19-15-11(13)7-10(17)8-12(15)18/h3,5,7-9,14H,4,6H2,1-2H3,(H,19,20). The summed E-state index contributed by atoms with van der Waals surface area (Å²) in [7, 11) is 0. The lowest BCUT2D eigenvalue weighted by Crippen LogP contribution is -2.37. The Bertz CT molecular complexity index is 733. The molecule has 1 aliphatic rings. The first-order chi connectivity index (χ1) is 10.5. The van der Waals surface area contributed by atoms with Crippen LogP contribution in [-0.2, 0) is 4.79 Å². The number of carbonyl (C=O) groups excluding carboxylic acids is 1. The van der Waals surface area contributed by atoms with Crippen LogP contribution in [0.3, 0.4) is 0 Å². The van der Waals surface area contributed by atoms with E-state index in [0.717, 1.165) is 6.07 Å². The van der Waals surface area contributed by atoms with Crippen LogP contribution < -0.4 is 5.32 Å². The second-order valence-electron chi connectivity index (χ2n) is 5.75. The number of benzene rings is 1. The van der Waals surface area contributed by atoms with Gasteiger partial charge in [0.05, 0.1) is 0 Å². The van der Waals surface area contributed by atoms with E-state index in [1.54, 1.807) is 11.0 Å². The molecule has 116 valence electrons. The number of fused-ring (bicyclic) bond motifs is 1. The lowest BCUT2D eigenvalue weighted by molar-refractivity contribution is -0.129. The van der Waals surface area contributed by atoms with E-state index in [1.165, 1.54) is 12.3 Å². The fraction of sp³-hybridized carbons (Fsp3) is 0.375. The highest BCUT2D eigenvalue weighted by Gasteiger charge is 2.33. The molecule has 0 aliphatic carbocycles. The Morgan fingerprint density at radius 2 is 2.14 bits per heavy atom. The van der Waals surface area contributed by atoms with E-state index in [4.69, 9.17) is 0 Å². The van der Waals surface area contributed by atoms with E-state index < -0.39 is 11.6 Å². The fourth-order valence-electron chi connectivity index (χ4n) is 2.84. The van der Waals surface area contributed by atoms with Crippen molar-refractivity contribution in [3.05, 3.63) is 36.0 Å². The number of rotatable bonds is 3. The van der Waals surface area contributed by atoms with Gasteiger partial charge in [0, 0.05) is 35.9 Å². The Labute approximate surface area is 127 Å². The van der Waals surface area contributed by atoms with Crippen LogP contribution in [0.15, 0.2) is 24.4 Å². The van der Waals surface area contributed by atoms with Crippen molar-refractivity contribution < 1.29 is 13.6 Å². The minimum absolute atomic E-state index is 0.0110. The van der Waals surface area contributed by atoms with Gasteiger partial charge in [-0.25, -0.2) is 8.78 Å². The second-order valence-corrected chi connectivity index (χ2v) is 5.75. The molecule has 3 rings (SSSR count). The van der Waals surface area contributed by atoms with Crippen molar-refractivity contribution in [1.29, 1.82) is 0 Å². The Morgan fingerprint density at radius 3 is 2.82 bits per heavy atom. The predicted octanol–water partition coefficient (Wildman–Crippen LogP) is 2.93. The molecular formula is C16H17F2N3O. The number of hydrogen-bond donors (Lipinski definition) is 1. The number of anilines is 1. The molecular weight excluding hydrogens is 288 g/mol. The normalized spacial score (nSPS) is 18.5. The van der Waals surface area contributed by atoms with Crippen molar-refractivity contribution in [3.8, 4) is 0 Å². The Balaban J connectivity index is 1.94. The maximum absolute atomic E-state index is 13.8. The van der Waals surface area contributed by atoms with Gasteiger partial charge in [0.15, 0.2) is 5.82 Å². The van der Waals surface area contributed by atoms with E-state index >= 15 is 0 Å². The minimum atomic E-state index is -0.708. The molecule has 0 spiro atoms. The molecule has 2 heterocycles. The van der Waals surface area contributed by atoms with Crippen molar-refractivity contribution >= 4 is 22.5 Å². The summed E-state index contributed by atoms with van der Waals surface area (Å²) in [4.78, 5) is 18.1. The van der Waals surface area contributed by atoms with Crippen molar-refractivity contribution in [3.63, 3.8) is 0 Å². The highest BCUT2D eigenvalue weighted by atomic mass is 19.1. The molecule has 1 fully saturated rings. The zero-order valence-electron chi connectivity index (χ0n) is 12.4. The van der Waals surface area contributed by atoms with Crippen LogP contribution in [0.1, 0.15) is 20.3 Å². The van der Waals surface area contributed by atoms with Gasteiger partial charge in [-0.3, -0.25) is 9.78 Å². The molecule has 1 amide bonds. The van der Waals surface area contributed by atoms with Crippen molar-refractivity contribution in [2.24, 2.45) is 0 Å². The summed E-state index contributed by atoms with van der Waals surface area (Å²) < 4.78 is 27.2. The SMILES string of the molecule is CC(C)N1CCC(Nc2ccnc3c(F)cc(F)cc23)C1=O. The van der Waals surface area contributed by atoms with Crippen molar-refractivity contribution in [2.45, 2.75) is 32.4 Å².